The molecular formula is C14H27N3. The fraction of sp³-hybridized carbons (Fsp3) is 0.929. The van der Waals surface area contributed by atoms with Gasteiger partial charge in [-0.05, 0) is 59.5 Å². The van der Waals surface area contributed by atoms with Gasteiger partial charge in [0.1, 0.15) is 5.54 Å². The maximum atomic E-state index is 9.27. The van der Waals surface area contributed by atoms with Crippen LogP contribution in [-0.4, -0.2) is 35.6 Å². The molecule has 17 heavy (non-hydrogen) atoms. The molecule has 1 rings (SSSR count). The molecule has 3 nitrogen and oxygen atoms in total. The van der Waals surface area contributed by atoms with E-state index in [1.54, 1.807) is 0 Å². The van der Waals surface area contributed by atoms with Gasteiger partial charge >= 0.3 is 0 Å². The van der Waals surface area contributed by atoms with Gasteiger partial charge in [0.05, 0.1) is 6.07 Å². The number of nitrogens with zero attached hydrogens (tertiary/aromatic N) is 2. The summed E-state index contributed by atoms with van der Waals surface area (Å²) in [7, 11) is 0. The van der Waals surface area contributed by atoms with Crippen LogP contribution in [0, 0.1) is 11.3 Å². The van der Waals surface area contributed by atoms with Crippen LogP contribution in [0.25, 0.3) is 0 Å². The van der Waals surface area contributed by atoms with Crippen LogP contribution >= 0.6 is 0 Å². The predicted molar refractivity (Wildman–Crippen MR) is 71.8 cm³/mol. The van der Waals surface area contributed by atoms with Crippen LogP contribution in [-0.2, 0) is 0 Å². The first-order valence-corrected chi connectivity index (χ1v) is 6.93. The molecule has 1 aliphatic rings. The van der Waals surface area contributed by atoms with Gasteiger partial charge in [0, 0.05) is 12.1 Å². The summed E-state index contributed by atoms with van der Waals surface area (Å²) in [4.78, 5) is 2.45. The molecule has 1 atom stereocenters. The van der Waals surface area contributed by atoms with E-state index in [0.717, 1.165) is 25.9 Å². The van der Waals surface area contributed by atoms with Crippen LogP contribution in [0.4, 0.5) is 0 Å². The number of hydrogen-bond acceptors (Lipinski definition) is 3. The Morgan fingerprint density at radius 3 is 2.53 bits per heavy atom. The number of nitriles is 1. The average Bonchev–Trinajstić information content (AvgIpc) is 3.07. The second-order valence-electron chi connectivity index (χ2n) is 5.69. The normalized spacial score (nSPS) is 19.4. The third-order valence-electron chi connectivity index (χ3n) is 3.61. The zero-order valence-corrected chi connectivity index (χ0v) is 11.8. The van der Waals surface area contributed by atoms with E-state index in [1.807, 2.05) is 6.92 Å². The SMILES string of the molecule is CCN(CCCC(C)(C#N)NC1CC1)C(C)C. The Morgan fingerprint density at radius 2 is 2.12 bits per heavy atom. The molecule has 1 saturated carbocycles. The van der Waals surface area contributed by atoms with Gasteiger partial charge in [0.15, 0.2) is 0 Å². The molecule has 0 aromatic carbocycles. The van der Waals surface area contributed by atoms with Crippen molar-refractivity contribution >= 4 is 0 Å². The van der Waals surface area contributed by atoms with Gasteiger partial charge in [-0.3, -0.25) is 5.32 Å². The summed E-state index contributed by atoms with van der Waals surface area (Å²) in [6, 6.07) is 3.65. The van der Waals surface area contributed by atoms with E-state index >= 15 is 0 Å². The molecule has 0 aromatic heterocycles. The van der Waals surface area contributed by atoms with Crippen LogP contribution in [0.3, 0.4) is 0 Å². The minimum absolute atomic E-state index is 0.322. The van der Waals surface area contributed by atoms with E-state index in [1.165, 1.54) is 12.8 Å². The lowest BCUT2D eigenvalue weighted by Crippen LogP contribution is -2.43. The lowest BCUT2D eigenvalue weighted by atomic mass is 9.97. The molecule has 1 N–H and O–H groups in total. The molecule has 3 heteroatoms. The zero-order valence-electron chi connectivity index (χ0n) is 11.8. The molecule has 0 saturated heterocycles. The summed E-state index contributed by atoms with van der Waals surface area (Å²) in [5.74, 6) is 0. The Bertz CT molecular complexity index is 265. The van der Waals surface area contributed by atoms with E-state index < -0.39 is 0 Å². The first-order valence-electron chi connectivity index (χ1n) is 6.93. The summed E-state index contributed by atoms with van der Waals surface area (Å²) in [5.41, 5.74) is -0.322. The maximum absolute atomic E-state index is 9.27. The molecule has 0 aliphatic heterocycles. The van der Waals surface area contributed by atoms with Crippen LogP contribution in [0.5, 0.6) is 0 Å². The third-order valence-corrected chi connectivity index (χ3v) is 3.61. The Kier molecular flexibility index (Phi) is 5.42. The molecular weight excluding hydrogens is 210 g/mol. The van der Waals surface area contributed by atoms with Crippen molar-refractivity contribution in [1.29, 1.82) is 5.26 Å². The van der Waals surface area contributed by atoms with E-state index in [9.17, 15) is 5.26 Å². The lowest BCUT2D eigenvalue weighted by Gasteiger charge is -2.28. The van der Waals surface area contributed by atoms with Gasteiger partial charge in [0.2, 0.25) is 0 Å². The van der Waals surface area contributed by atoms with Crippen molar-refractivity contribution in [3.63, 3.8) is 0 Å². The van der Waals surface area contributed by atoms with Gasteiger partial charge in [-0.1, -0.05) is 6.92 Å². The van der Waals surface area contributed by atoms with Gasteiger partial charge in [-0.15, -0.1) is 0 Å². The summed E-state index contributed by atoms with van der Waals surface area (Å²) in [5, 5.41) is 12.7. The molecule has 1 aliphatic carbocycles. The van der Waals surface area contributed by atoms with E-state index in [0.29, 0.717) is 12.1 Å². The van der Waals surface area contributed by atoms with Crippen molar-refractivity contribution in [1.82, 2.24) is 10.2 Å². The predicted octanol–water partition coefficient (Wildman–Crippen LogP) is 2.53. The molecule has 0 spiro atoms. The Morgan fingerprint density at radius 1 is 1.47 bits per heavy atom. The zero-order chi connectivity index (χ0) is 12.9. The first kappa shape index (κ1) is 14.5. The van der Waals surface area contributed by atoms with Crippen LogP contribution < -0.4 is 5.32 Å². The quantitative estimate of drug-likeness (QED) is 0.705. The minimum Gasteiger partial charge on any atom is -0.301 e. The van der Waals surface area contributed by atoms with Crippen molar-refractivity contribution in [2.24, 2.45) is 0 Å². The number of rotatable bonds is 8. The van der Waals surface area contributed by atoms with Gasteiger partial charge in [0.25, 0.3) is 0 Å². The Labute approximate surface area is 106 Å². The summed E-state index contributed by atoms with van der Waals surface area (Å²) >= 11 is 0. The van der Waals surface area contributed by atoms with Crippen LogP contribution in [0.15, 0.2) is 0 Å². The second-order valence-corrected chi connectivity index (χ2v) is 5.69. The van der Waals surface area contributed by atoms with Crippen LogP contribution in [0.1, 0.15) is 53.4 Å². The Balaban J connectivity index is 2.29. The second kappa shape index (κ2) is 6.37. The number of nitrogens with one attached hydrogen (secondary N) is 1. The summed E-state index contributed by atoms with van der Waals surface area (Å²) in [6.45, 7) is 10.9. The molecule has 1 fully saturated rings. The highest BCUT2D eigenvalue weighted by Crippen LogP contribution is 2.24. The van der Waals surface area contributed by atoms with Crippen molar-refractivity contribution in [2.75, 3.05) is 13.1 Å². The highest BCUT2D eigenvalue weighted by atomic mass is 15.1. The van der Waals surface area contributed by atoms with Crippen LogP contribution in [0.2, 0.25) is 0 Å². The molecule has 0 amide bonds. The monoisotopic (exact) mass is 237 g/mol. The summed E-state index contributed by atoms with van der Waals surface area (Å²) < 4.78 is 0. The topological polar surface area (TPSA) is 39.1 Å². The number of hydrogen-bond donors (Lipinski definition) is 1. The smallest absolute Gasteiger partial charge is 0.104 e. The van der Waals surface area contributed by atoms with Gasteiger partial charge in [-0.2, -0.15) is 5.26 Å². The van der Waals surface area contributed by atoms with Gasteiger partial charge in [-0.25, -0.2) is 0 Å². The van der Waals surface area contributed by atoms with E-state index in [4.69, 9.17) is 0 Å². The maximum Gasteiger partial charge on any atom is 0.104 e. The van der Waals surface area contributed by atoms with Crippen molar-refractivity contribution in [3.8, 4) is 6.07 Å². The third kappa shape index (κ3) is 5.06. The Hall–Kier alpha value is -0.590. The molecule has 0 heterocycles. The summed E-state index contributed by atoms with van der Waals surface area (Å²) in [6.07, 6.45) is 4.52. The highest BCUT2D eigenvalue weighted by Gasteiger charge is 2.32. The average molecular weight is 237 g/mol. The van der Waals surface area contributed by atoms with E-state index in [-0.39, 0.29) is 5.54 Å². The fourth-order valence-electron chi connectivity index (χ4n) is 2.26. The van der Waals surface area contributed by atoms with E-state index in [2.05, 4.69) is 37.1 Å². The largest absolute Gasteiger partial charge is 0.301 e. The fourth-order valence-corrected chi connectivity index (χ4v) is 2.26. The molecule has 1 unspecified atom stereocenters. The minimum atomic E-state index is -0.322. The first-order chi connectivity index (χ1) is 8.00. The molecule has 98 valence electrons. The lowest BCUT2D eigenvalue weighted by molar-refractivity contribution is 0.221. The highest BCUT2D eigenvalue weighted by molar-refractivity contribution is 5.07. The van der Waals surface area contributed by atoms with Crippen molar-refractivity contribution < 1.29 is 0 Å². The van der Waals surface area contributed by atoms with Gasteiger partial charge < -0.3 is 4.90 Å². The standard InChI is InChI=1S/C14H27N3/c1-5-17(12(2)3)10-6-9-14(4,11-15)16-13-7-8-13/h12-13,16H,5-10H2,1-4H3. The molecule has 0 bridgehead atoms. The molecule has 0 radical (unpaired) electrons. The molecule has 0 aromatic rings. The van der Waals surface area contributed by atoms with Crippen molar-refractivity contribution in [2.45, 2.75) is 71.0 Å². The van der Waals surface area contributed by atoms with Crippen molar-refractivity contribution in [3.05, 3.63) is 0 Å².